The third-order valence-corrected chi connectivity index (χ3v) is 5.38. The topological polar surface area (TPSA) is 0 Å². The molecular formula is C19H16. The molecule has 3 aliphatic carbocycles. The van der Waals surface area contributed by atoms with Crippen molar-refractivity contribution in [2.75, 3.05) is 0 Å². The number of rotatable bonds is 0. The van der Waals surface area contributed by atoms with Gasteiger partial charge in [-0.25, -0.2) is 0 Å². The standard InChI is InChI=1S/C19H16/c1-3-7-14-12(5-1)9-10-16-17-11-13-6-2-4-8-15(13)19(17)18(14)16/h1-8,10,17-19H,9,11H2/t17-,18-,19-/m0/s1. The number of hydrogen-bond acceptors (Lipinski definition) is 0. The summed E-state index contributed by atoms with van der Waals surface area (Å²) >= 11 is 0. The lowest BCUT2D eigenvalue weighted by Crippen LogP contribution is -2.35. The van der Waals surface area contributed by atoms with Gasteiger partial charge in [-0.15, -0.1) is 0 Å². The molecule has 19 heavy (non-hydrogen) atoms. The maximum absolute atomic E-state index is 2.51. The summed E-state index contributed by atoms with van der Waals surface area (Å²) in [5, 5.41) is 0. The molecule has 0 spiro atoms. The van der Waals surface area contributed by atoms with Gasteiger partial charge >= 0.3 is 0 Å². The van der Waals surface area contributed by atoms with Crippen molar-refractivity contribution in [2.45, 2.75) is 24.7 Å². The predicted molar refractivity (Wildman–Crippen MR) is 77.3 cm³/mol. The second-order valence-corrected chi connectivity index (χ2v) is 6.12. The monoisotopic (exact) mass is 244 g/mol. The van der Waals surface area contributed by atoms with E-state index >= 15 is 0 Å². The average molecular weight is 244 g/mol. The maximum atomic E-state index is 2.51. The summed E-state index contributed by atoms with van der Waals surface area (Å²) < 4.78 is 0. The molecule has 2 aromatic carbocycles. The van der Waals surface area contributed by atoms with E-state index < -0.39 is 0 Å². The van der Waals surface area contributed by atoms with Gasteiger partial charge in [0.2, 0.25) is 0 Å². The summed E-state index contributed by atoms with van der Waals surface area (Å²) in [6.45, 7) is 0. The van der Waals surface area contributed by atoms with Gasteiger partial charge in [-0.1, -0.05) is 60.2 Å². The summed E-state index contributed by atoms with van der Waals surface area (Å²) in [6.07, 6.45) is 4.92. The van der Waals surface area contributed by atoms with Crippen molar-refractivity contribution in [3.63, 3.8) is 0 Å². The smallest absolute Gasteiger partial charge is 0.0129 e. The van der Waals surface area contributed by atoms with Crippen LogP contribution in [-0.4, -0.2) is 0 Å². The van der Waals surface area contributed by atoms with E-state index in [1.807, 2.05) is 0 Å². The van der Waals surface area contributed by atoms with Crippen molar-refractivity contribution in [2.24, 2.45) is 5.92 Å². The molecule has 0 bridgehead atoms. The zero-order chi connectivity index (χ0) is 12.4. The molecule has 1 saturated carbocycles. The van der Waals surface area contributed by atoms with Crippen LogP contribution in [-0.2, 0) is 12.8 Å². The molecule has 0 nitrogen and oxygen atoms in total. The van der Waals surface area contributed by atoms with E-state index in [0.717, 1.165) is 18.3 Å². The minimum absolute atomic E-state index is 0.679. The Hall–Kier alpha value is -1.82. The number of allylic oxidation sites excluding steroid dienone is 2. The molecule has 0 saturated heterocycles. The fourth-order valence-corrected chi connectivity index (χ4v) is 4.59. The summed E-state index contributed by atoms with van der Waals surface area (Å²) in [4.78, 5) is 0. The first-order chi connectivity index (χ1) is 9.43. The molecule has 3 atom stereocenters. The summed E-state index contributed by atoms with van der Waals surface area (Å²) in [7, 11) is 0. The molecule has 5 rings (SSSR count). The minimum atomic E-state index is 0.679. The molecule has 92 valence electrons. The van der Waals surface area contributed by atoms with Gasteiger partial charge in [-0.3, -0.25) is 0 Å². The van der Waals surface area contributed by atoms with Gasteiger partial charge < -0.3 is 0 Å². The first-order valence-corrected chi connectivity index (χ1v) is 7.29. The van der Waals surface area contributed by atoms with Crippen LogP contribution in [0.1, 0.15) is 34.1 Å². The molecule has 0 amide bonds. The van der Waals surface area contributed by atoms with Crippen LogP contribution >= 0.6 is 0 Å². The number of benzene rings is 2. The Morgan fingerprint density at radius 1 is 0.789 bits per heavy atom. The molecule has 0 N–H and O–H groups in total. The Balaban J connectivity index is 1.68. The predicted octanol–water partition coefficient (Wildman–Crippen LogP) is 4.22. The Bertz CT molecular complexity index is 707. The van der Waals surface area contributed by atoms with Gasteiger partial charge in [-0.05, 0) is 41.0 Å². The van der Waals surface area contributed by atoms with Crippen LogP contribution in [0.2, 0.25) is 0 Å². The Labute approximate surface area is 113 Å². The molecule has 3 aliphatic rings. The summed E-state index contributed by atoms with van der Waals surface area (Å²) in [6, 6.07) is 18.1. The molecule has 1 fully saturated rings. The van der Waals surface area contributed by atoms with Gasteiger partial charge in [-0.2, -0.15) is 0 Å². The third kappa shape index (κ3) is 1.15. The lowest BCUT2D eigenvalue weighted by molar-refractivity contribution is 0.339. The second kappa shape index (κ2) is 3.39. The van der Waals surface area contributed by atoms with Crippen molar-refractivity contribution in [1.82, 2.24) is 0 Å². The fourth-order valence-electron chi connectivity index (χ4n) is 4.59. The van der Waals surface area contributed by atoms with Crippen molar-refractivity contribution in [1.29, 1.82) is 0 Å². The normalized spacial score (nSPS) is 29.5. The molecular weight excluding hydrogens is 228 g/mol. The quantitative estimate of drug-likeness (QED) is 0.609. The van der Waals surface area contributed by atoms with E-state index in [4.69, 9.17) is 0 Å². The first-order valence-electron chi connectivity index (χ1n) is 7.29. The van der Waals surface area contributed by atoms with Crippen LogP contribution in [0.15, 0.2) is 60.2 Å². The highest BCUT2D eigenvalue weighted by molar-refractivity contribution is 5.57. The average Bonchev–Trinajstić information content (AvgIpc) is 2.77. The SMILES string of the molecule is C1=C2[C@H](c3ccccc3C1)[C@H]1c3ccccc3C[C@@H]21. The van der Waals surface area contributed by atoms with Gasteiger partial charge in [0, 0.05) is 11.8 Å². The van der Waals surface area contributed by atoms with E-state index in [1.54, 1.807) is 27.8 Å². The van der Waals surface area contributed by atoms with Crippen LogP contribution in [0, 0.1) is 5.92 Å². The van der Waals surface area contributed by atoms with E-state index in [9.17, 15) is 0 Å². The van der Waals surface area contributed by atoms with E-state index in [1.165, 1.54) is 6.42 Å². The Morgan fingerprint density at radius 2 is 1.53 bits per heavy atom. The third-order valence-electron chi connectivity index (χ3n) is 5.38. The minimum Gasteiger partial charge on any atom is -0.0800 e. The van der Waals surface area contributed by atoms with E-state index in [2.05, 4.69) is 54.6 Å². The number of fused-ring (bicyclic) bond motifs is 8. The molecule has 2 aromatic rings. The molecule has 0 aliphatic heterocycles. The highest BCUT2D eigenvalue weighted by Crippen LogP contribution is 2.64. The second-order valence-electron chi connectivity index (χ2n) is 6.12. The molecule has 0 unspecified atom stereocenters. The lowest BCUT2D eigenvalue weighted by atomic mass is 9.56. The van der Waals surface area contributed by atoms with Crippen LogP contribution in [0.3, 0.4) is 0 Å². The Morgan fingerprint density at radius 3 is 2.42 bits per heavy atom. The van der Waals surface area contributed by atoms with Crippen molar-refractivity contribution in [3.8, 4) is 0 Å². The lowest BCUT2D eigenvalue weighted by Gasteiger charge is -2.47. The van der Waals surface area contributed by atoms with Crippen molar-refractivity contribution < 1.29 is 0 Å². The first kappa shape index (κ1) is 10.0. The fraction of sp³-hybridized carbons (Fsp3) is 0.263. The molecule has 0 heterocycles. The zero-order valence-electron chi connectivity index (χ0n) is 10.8. The largest absolute Gasteiger partial charge is 0.0800 e. The van der Waals surface area contributed by atoms with Crippen molar-refractivity contribution >= 4 is 0 Å². The zero-order valence-corrected chi connectivity index (χ0v) is 10.8. The maximum Gasteiger partial charge on any atom is 0.0129 e. The van der Waals surface area contributed by atoms with Gasteiger partial charge in [0.1, 0.15) is 0 Å². The number of hydrogen-bond donors (Lipinski definition) is 0. The van der Waals surface area contributed by atoms with E-state index in [0.29, 0.717) is 5.92 Å². The Kier molecular flexibility index (Phi) is 1.79. The summed E-state index contributed by atoms with van der Waals surface area (Å²) in [5.41, 5.74) is 8.06. The molecule has 0 heteroatoms. The molecule has 0 aromatic heterocycles. The van der Waals surface area contributed by atoms with Gasteiger partial charge in [0.15, 0.2) is 0 Å². The molecule has 0 radical (unpaired) electrons. The van der Waals surface area contributed by atoms with Crippen LogP contribution in [0.5, 0.6) is 0 Å². The van der Waals surface area contributed by atoms with E-state index in [-0.39, 0.29) is 0 Å². The highest BCUT2D eigenvalue weighted by atomic mass is 14.5. The van der Waals surface area contributed by atoms with Crippen LogP contribution in [0.25, 0.3) is 0 Å². The van der Waals surface area contributed by atoms with Crippen LogP contribution in [0.4, 0.5) is 0 Å². The van der Waals surface area contributed by atoms with Gasteiger partial charge in [0.05, 0.1) is 0 Å². The van der Waals surface area contributed by atoms with Crippen molar-refractivity contribution in [3.05, 3.63) is 82.4 Å². The van der Waals surface area contributed by atoms with Gasteiger partial charge in [0.25, 0.3) is 0 Å². The summed E-state index contributed by atoms with van der Waals surface area (Å²) in [5.74, 6) is 2.23. The van der Waals surface area contributed by atoms with Crippen LogP contribution < -0.4 is 0 Å². The highest BCUT2D eigenvalue weighted by Gasteiger charge is 2.52.